The molecule has 0 saturated heterocycles. The van der Waals surface area contributed by atoms with E-state index in [9.17, 15) is 20.0 Å². The minimum Gasteiger partial charge on any atom is -0.478 e. The molecule has 2 aromatic heterocycles. The van der Waals surface area contributed by atoms with Gasteiger partial charge in [-0.25, -0.2) is 4.79 Å². The van der Waals surface area contributed by atoms with Gasteiger partial charge in [0.1, 0.15) is 5.56 Å². The van der Waals surface area contributed by atoms with Gasteiger partial charge < -0.3 is 15.2 Å². The highest BCUT2D eigenvalue weighted by Gasteiger charge is 2.24. The number of nitro groups is 1. The van der Waals surface area contributed by atoms with Crippen LogP contribution in [0.2, 0.25) is 0 Å². The molecule has 0 saturated carbocycles. The summed E-state index contributed by atoms with van der Waals surface area (Å²) < 4.78 is 1.06. The predicted molar refractivity (Wildman–Crippen MR) is 71.5 cm³/mol. The Morgan fingerprint density at radius 3 is 2.57 bits per heavy atom. The van der Waals surface area contributed by atoms with Gasteiger partial charge >= 0.3 is 11.8 Å². The van der Waals surface area contributed by atoms with E-state index in [1.807, 2.05) is 13.8 Å². The van der Waals surface area contributed by atoms with Gasteiger partial charge in [0.05, 0.1) is 23.1 Å². The molecule has 0 amide bonds. The minimum absolute atomic E-state index is 0.0235. The normalized spacial score (nSPS) is 10.6. The Morgan fingerprint density at radius 2 is 2.10 bits per heavy atom. The second-order valence-corrected chi connectivity index (χ2v) is 4.21. The van der Waals surface area contributed by atoms with Gasteiger partial charge in [0, 0.05) is 0 Å². The van der Waals surface area contributed by atoms with Crippen molar-refractivity contribution in [1.82, 2.24) is 20.0 Å². The Kier molecular flexibility index (Phi) is 3.92. The van der Waals surface area contributed by atoms with Crippen molar-refractivity contribution in [2.24, 2.45) is 0 Å². The summed E-state index contributed by atoms with van der Waals surface area (Å²) in [6.07, 6.45) is 2.31. The predicted octanol–water partition coefficient (Wildman–Crippen LogP) is 1.39. The first-order chi connectivity index (χ1) is 9.99. The van der Waals surface area contributed by atoms with Gasteiger partial charge in [-0.3, -0.25) is 0 Å². The van der Waals surface area contributed by atoms with Crippen molar-refractivity contribution in [3.8, 4) is 5.82 Å². The summed E-state index contributed by atoms with van der Waals surface area (Å²) in [6.45, 7) is 3.67. The molecular formula is C12H13N5O4. The maximum atomic E-state index is 11.5. The number of carboxylic acid groups (broad SMARTS) is 1. The van der Waals surface area contributed by atoms with Gasteiger partial charge in [0.25, 0.3) is 0 Å². The van der Waals surface area contributed by atoms with Crippen LogP contribution >= 0.6 is 0 Å². The van der Waals surface area contributed by atoms with Gasteiger partial charge in [-0.05, 0) is 23.3 Å². The zero-order valence-corrected chi connectivity index (χ0v) is 11.5. The lowest BCUT2D eigenvalue weighted by molar-refractivity contribution is -0.389. The summed E-state index contributed by atoms with van der Waals surface area (Å²) in [4.78, 5) is 21.5. The molecule has 0 atom stereocenters. The summed E-state index contributed by atoms with van der Waals surface area (Å²) in [7, 11) is 0. The van der Waals surface area contributed by atoms with Crippen molar-refractivity contribution in [2.45, 2.75) is 26.7 Å². The average Bonchev–Trinajstić information content (AvgIpc) is 2.95. The Morgan fingerprint density at radius 1 is 1.38 bits per heavy atom. The lowest BCUT2D eigenvalue weighted by Gasteiger charge is -2.10. The van der Waals surface area contributed by atoms with E-state index in [-0.39, 0.29) is 17.2 Å². The van der Waals surface area contributed by atoms with E-state index in [4.69, 9.17) is 0 Å². The number of hydrogen-bond donors (Lipinski definition) is 1. The molecule has 0 unspecified atom stereocenters. The smallest absolute Gasteiger partial charge is 0.390 e. The van der Waals surface area contributed by atoms with Gasteiger partial charge in [0.15, 0.2) is 0 Å². The first-order valence-corrected chi connectivity index (χ1v) is 6.31. The first kappa shape index (κ1) is 14.6. The van der Waals surface area contributed by atoms with Crippen LogP contribution in [0.5, 0.6) is 0 Å². The molecule has 0 aliphatic rings. The van der Waals surface area contributed by atoms with Crippen LogP contribution in [0.3, 0.4) is 0 Å². The number of aryl methyl sites for hydroxylation is 1. The largest absolute Gasteiger partial charge is 0.478 e. The van der Waals surface area contributed by atoms with Crippen molar-refractivity contribution in [2.75, 3.05) is 0 Å². The number of hydrogen-bond acceptors (Lipinski definition) is 6. The molecule has 0 aliphatic carbocycles. The summed E-state index contributed by atoms with van der Waals surface area (Å²) >= 11 is 0. The van der Waals surface area contributed by atoms with E-state index in [1.54, 1.807) is 0 Å². The zero-order valence-electron chi connectivity index (χ0n) is 11.5. The number of carboxylic acids is 1. The molecule has 0 fully saturated rings. The maximum absolute atomic E-state index is 11.5. The molecule has 21 heavy (non-hydrogen) atoms. The van der Waals surface area contributed by atoms with Gasteiger partial charge in [0.2, 0.25) is 5.82 Å². The van der Waals surface area contributed by atoms with Gasteiger partial charge in [-0.15, -0.1) is 9.78 Å². The molecule has 0 aromatic carbocycles. The number of rotatable bonds is 5. The van der Waals surface area contributed by atoms with E-state index < -0.39 is 10.9 Å². The molecule has 0 bridgehead atoms. The monoisotopic (exact) mass is 291 g/mol. The summed E-state index contributed by atoms with van der Waals surface area (Å²) in [6, 6.07) is 1.17. The molecule has 1 N–H and O–H groups in total. The fraction of sp³-hybridized carbons (Fsp3) is 0.333. The molecule has 9 heteroatoms. The van der Waals surface area contributed by atoms with Crippen molar-refractivity contribution in [1.29, 1.82) is 0 Å². The van der Waals surface area contributed by atoms with Crippen LogP contribution < -0.4 is 0 Å². The fourth-order valence-electron chi connectivity index (χ4n) is 2.08. The lowest BCUT2D eigenvalue weighted by atomic mass is 10.0. The molecule has 0 radical (unpaired) electrons. The van der Waals surface area contributed by atoms with Crippen molar-refractivity contribution in [3.05, 3.63) is 39.2 Å². The number of carbonyl (C=O) groups is 1. The van der Waals surface area contributed by atoms with E-state index in [0.717, 1.165) is 4.68 Å². The molecule has 0 aliphatic heterocycles. The standard InChI is InChI=1S/C12H13N5O4/c1-3-7-8(4-2)13-14-11(10(7)12(18)19)16-6-5-9(15-16)17(20)21/h5-6H,3-4H2,1-2H3,(H,18,19). The topological polar surface area (TPSA) is 124 Å². The van der Waals surface area contributed by atoms with Crippen LogP contribution in [-0.4, -0.2) is 36.0 Å². The summed E-state index contributed by atoms with van der Waals surface area (Å²) in [5.74, 6) is -1.57. The summed E-state index contributed by atoms with van der Waals surface area (Å²) in [5, 5.41) is 31.7. The summed E-state index contributed by atoms with van der Waals surface area (Å²) in [5.41, 5.74) is 1.14. The second kappa shape index (κ2) is 5.65. The molecule has 0 spiro atoms. The molecule has 9 nitrogen and oxygen atoms in total. The third-order valence-corrected chi connectivity index (χ3v) is 3.02. The van der Waals surface area contributed by atoms with Crippen LogP contribution in [0.4, 0.5) is 5.82 Å². The fourth-order valence-corrected chi connectivity index (χ4v) is 2.08. The SMILES string of the molecule is CCc1nnc(-n2ccc([N+](=O)[O-])n2)c(C(=O)O)c1CC. The van der Waals surface area contributed by atoms with Crippen LogP contribution in [0.15, 0.2) is 12.3 Å². The third-order valence-electron chi connectivity index (χ3n) is 3.02. The van der Waals surface area contributed by atoms with E-state index >= 15 is 0 Å². The van der Waals surface area contributed by atoms with Crippen molar-refractivity contribution >= 4 is 11.8 Å². The number of nitrogens with zero attached hydrogens (tertiary/aromatic N) is 5. The van der Waals surface area contributed by atoms with Crippen molar-refractivity contribution < 1.29 is 14.8 Å². The highest BCUT2D eigenvalue weighted by Crippen LogP contribution is 2.21. The van der Waals surface area contributed by atoms with Gasteiger partial charge in [-0.1, -0.05) is 13.8 Å². The molecule has 110 valence electrons. The zero-order chi connectivity index (χ0) is 15.6. The maximum Gasteiger partial charge on any atom is 0.390 e. The minimum atomic E-state index is -1.16. The van der Waals surface area contributed by atoms with E-state index in [1.165, 1.54) is 12.3 Å². The van der Waals surface area contributed by atoms with E-state index in [2.05, 4.69) is 15.3 Å². The quantitative estimate of drug-likeness (QED) is 0.651. The second-order valence-electron chi connectivity index (χ2n) is 4.21. The Labute approximate surface area is 119 Å². The van der Waals surface area contributed by atoms with Crippen LogP contribution in [0.1, 0.15) is 35.5 Å². The van der Waals surface area contributed by atoms with Crippen molar-refractivity contribution in [3.63, 3.8) is 0 Å². The average molecular weight is 291 g/mol. The van der Waals surface area contributed by atoms with Crippen LogP contribution in [0, 0.1) is 10.1 Å². The van der Waals surface area contributed by atoms with E-state index in [0.29, 0.717) is 24.1 Å². The first-order valence-electron chi connectivity index (χ1n) is 6.31. The number of aromatic carboxylic acids is 1. The molecule has 2 heterocycles. The van der Waals surface area contributed by atoms with Gasteiger partial charge in [-0.2, -0.15) is 5.10 Å². The Balaban J connectivity index is 2.67. The Hall–Kier alpha value is -2.84. The molecule has 2 rings (SSSR count). The Bertz CT molecular complexity index is 710. The lowest BCUT2D eigenvalue weighted by Crippen LogP contribution is -2.16. The van der Waals surface area contributed by atoms with Crippen LogP contribution in [0.25, 0.3) is 5.82 Å². The van der Waals surface area contributed by atoms with Crippen LogP contribution in [-0.2, 0) is 12.8 Å². The number of aromatic nitrogens is 4. The molecular weight excluding hydrogens is 278 g/mol. The highest BCUT2D eigenvalue weighted by molar-refractivity contribution is 5.93. The highest BCUT2D eigenvalue weighted by atomic mass is 16.6. The molecule has 2 aromatic rings. The third kappa shape index (κ3) is 2.57.